The van der Waals surface area contributed by atoms with Crippen molar-refractivity contribution in [2.24, 2.45) is 11.7 Å². The smallest absolute Gasteiger partial charge is 0.224 e. The van der Waals surface area contributed by atoms with Gasteiger partial charge in [-0.1, -0.05) is 0 Å². The molecule has 0 bridgehead atoms. The van der Waals surface area contributed by atoms with Crippen molar-refractivity contribution in [3.8, 4) is 5.88 Å². The summed E-state index contributed by atoms with van der Waals surface area (Å²) in [7, 11) is 1.57. The van der Waals surface area contributed by atoms with Crippen LogP contribution in [0.4, 0.5) is 5.82 Å². The largest absolute Gasteiger partial charge is 0.481 e. The van der Waals surface area contributed by atoms with Gasteiger partial charge in [0, 0.05) is 32.2 Å². The van der Waals surface area contributed by atoms with Gasteiger partial charge in [0.05, 0.1) is 13.0 Å². The number of nitrogens with zero attached hydrogens (tertiary/aromatic N) is 3. The number of nitrogens with two attached hydrogens (primary N) is 1. The van der Waals surface area contributed by atoms with E-state index < -0.39 is 0 Å². The zero-order chi connectivity index (χ0) is 14.4. The number of ether oxygens (including phenoxy) is 1. The molecule has 1 fully saturated rings. The lowest BCUT2D eigenvalue weighted by Gasteiger charge is -2.32. The second kappa shape index (κ2) is 7.04. The minimum atomic E-state index is -0.0174. The summed E-state index contributed by atoms with van der Waals surface area (Å²) in [5.41, 5.74) is 5.40. The Morgan fingerprint density at radius 3 is 3.20 bits per heavy atom. The molecule has 0 aliphatic carbocycles. The van der Waals surface area contributed by atoms with E-state index in [-0.39, 0.29) is 11.8 Å². The highest BCUT2D eigenvalue weighted by Crippen LogP contribution is 2.23. The lowest BCUT2D eigenvalue weighted by atomic mass is 9.97. The number of hydrogen-bond acceptors (Lipinski definition) is 6. The lowest BCUT2D eigenvalue weighted by Crippen LogP contribution is -2.44. The van der Waals surface area contributed by atoms with E-state index in [4.69, 9.17) is 10.5 Å². The molecule has 1 unspecified atom stereocenters. The molecule has 1 saturated heterocycles. The van der Waals surface area contributed by atoms with Crippen LogP contribution in [0.15, 0.2) is 12.4 Å². The van der Waals surface area contributed by atoms with Crippen molar-refractivity contribution in [1.29, 1.82) is 0 Å². The molecule has 20 heavy (non-hydrogen) atoms. The molecule has 1 aliphatic heterocycles. The third-order valence-electron chi connectivity index (χ3n) is 3.40. The Morgan fingerprint density at radius 2 is 2.45 bits per heavy atom. The van der Waals surface area contributed by atoms with Crippen molar-refractivity contribution in [3.63, 3.8) is 0 Å². The van der Waals surface area contributed by atoms with Gasteiger partial charge in [-0.2, -0.15) is 0 Å². The minimum Gasteiger partial charge on any atom is -0.481 e. The molecule has 0 radical (unpaired) electrons. The van der Waals surface area contributed by atoms with Gasteiger partial charge in [-0.15, -0.1) is 0 Å². The Hall–Kier alpha value is -1.89. The normalized spacial score (nSPS) is 18.7. The number of piperidine rings is 1. The van der Waals surface area contributed by atoms with E-state index in [1.807, 2.05) is 0 Å². The van der Waals surface area contributed by atoms with Crippen molar-refractivity contribution in [3.05, 3.63) is 12.4 Å². The summed E-state index contributed by atoms with van der Waals surface area (Å²) in [6.45, 7) is 2.54. The number of hydrogen-bond donors (Lipinski definition) is 2. The van der Waals surface area contributed by atoms with Crippen LogP contribution in [0, 0.1) is 5.92 Å². The summed E-state index contributed by atoms with van der Waals surface area (Å²) < 4.78 is 5.10. The molecule has 0 saturated carbocycles. The average Bonchev–Trinajstić information content (AvgIpc) is 2.52. The molecule has 0 aromatic carbocycles. The summed E-state index contributed by atoms with van der Waals surface area (Å²) in [6, 6.07) is 1.79. The second-order valence-electron chi connectivity index (χ2n) is 4.78. The van der Waals surface area contributed by atoms with Crippen LogP contribution in [0.25, 0.3) is 0 Å². The third kappa shape index (κ3) is 3.57. The molecule has 2 rings (SSSR count). The number of carbonyl (C=O) groups is 1. The average molecular weight is 279 g/mol. The van der Waals surface area contributed by atoms with Gasteiger partial charge in [0.2, 0.25) is 11.8 Å². The SMILES string of the molecule is COc1cc(N2CCCC(C(=O)NCCN)C2)ncn1. The maximum absolute atomic E-state index is 12.0. The first-order valence-electron chi connectivity index (χ1n) is 6.83. The molecular weight excluding hydrogens is 258 g/mol. The number of methoxy groups -OCH3 is 1. The fourth-order valence-electron chi connectivity index (χ4n) is 2.35. The van der Waals surface area contributed by atoms with Gasteiger partial charge in [0.15, 0.2) is 0 Å². The van der Waals surface area contributed by atoms with Crippen LogP contribution in [0.3, 0.4) is 0 Å². The van der Waals surface area contributed by atoms with Gasteiger partial charge in [0.25, 0.3) is 0 Å². The van der Waals surface area contributed by atoms with Crippen LogP contribution in [0.2, 0.25) is 0 Å². The maximum atomic E-state index is 12.0. The molecule has 1 amide bonds. The number of rotatable bonds is 5. The molecule has 7 nitrogen and oxygen atoms in total. The van der Waals surface area contributed by atoms with Crippen LogP contribution in [0.1, 0.15) is 12.8 Å². The Morgan fingerprint density at radius 1 is 1.60 bits per heavy atom. The highest BCUT2D eigenvalue weighted by molar-refractivity contribution is 5.79. The van der Waals surface area contributed by atoms with Crippen molar-refractivity contribution < 1.29 is 9.53 Å². The van der Waals surface area contributed by atoms with E-state index in [9.17, 15) is 4.79 Å². The molecule has 1 atom stereocenters. The molecule has 1 aromatic rings. The first-order valence-corrected chi connectivity index (χ1v) is 6.83. The van der Waals surface area contributed by atoms with Crippen LogP contribution in [0.5, 0.6) is 5.88 Å². The Labute approximate surface area is 118 Å². The fourth-order valence-corrected chi connectivity index (χ4v) is 2.35. The van der Waals surface area contributed by atoms with Crippen LogP contribution in [-0.4, -0.2) is 49.2 Å². The number of aromatic nitrogens is 2. The lowest BCUT2D eigenvalue weighted by molar-refractivity contribution is -0.125. The molecule has 110 valence electrons. The Kier molecular flexibility index (Phi) is 5.11. The molecule has 2 heterocycles. The maximum Gasteiger partial charge on any atom is 0.224 e. The first-order chi connectivity index (χ1) is 9.74. The Bertz CT molecular complexity index is 454. The fraction of sp³-hybridized carbons (Fsp3) is 0.615. The van der Waals surface area contributed by atoms with Gasteiger partial charge in [-0.3, -0.25) is 4.79 Å². The summed E-state index contributed by atoms with van der Waals surface area (Å²) in [6.07, 6.45) is 3.34. The summed E-state index contributed by atoms with van der Waals surface area (Å²) in [4.78, 5) is 22.3. The molecule has 3 N–H and O–H groups in total. The van der Waals surface area contributed by atoms with Crippen molar-refractivity contribution in [2.75, 3.05) is 38.2 Å². The van der Waals surface area contributed by atoms with E-state index in [1.165, 1.54) is 6.33 Å². The van der Waals surface area contributed by atoms with Gasteiger partial charge >= 0.3 is 0 Å². The zero-order valence-corrected chi connectivity index (χ0v) is 11.7. The first kappa shape index (κ1) is 14.5. The molecule has 7 heteroatoms. The quantitative estimate of drug-likeness (QED) is 0.774. The predicted octanol–water partition coefficient (Wildman–Crippen LogP) is -0.223. The minimum absolute atomic E-state index is 0.0174. The highest BCUT2D eigenvalue weighted by atomic mass is 16.5. The van der Waals surface area contributed by atoms with E-state index >= 15 is 0 Å². The van der Waals surface area contributed by atoms with Gasteiger partial charge < -0.3 is 20.7 Å². The number of carbonyl (C=O) groups excluding carboxylic acids is 1. The number of anilines is 1. The Balaban J connectivity index is 2.00. The van der Waals surface area contributed by atoms with Crippen molar-refractivity contribution >= 4 is 11.7 Å². The van der Waals surface area contributed by atoms with Gasteiger partial charge in [-0.05, 0) is 12.8 Å². The molecule has 1 aliphatic rings. The van der Waals surface area contributed by atoms with Gasteiger partial charge in [0.1, 0.15) is 12.1 Å². The van der Waals surface area contributed by atoms with E-state index in [2.05, 4.69) is 20.2 Å². The standard InChI is InChI=1S/C13H21N5O2/c1-20-12-7-11(16-9-17-12)18-6-2-3-10(8-18)13(19)15-5-4-14/h7,9-10H,2-6,8,14H2,1H3,(H,15,19). The molecular formula is C13H21N5O2. The van der Waals surface area contributed by atoms with Gasteiger partial charge in [-0.25, -0.2) is 9.97 Å². The topological polar surface area (TPSA) is 93.4 Å². The number of amides is 1. The van der Waals surface area contributed by atoms with E-state index in [0.29, 0.717) is 25.5 Å². The summed E-state index contributed by atoms with van der Waals surface area (Å²) in [5, 5.41) is 2.85. The van der Waals surface area contributed by atoms with E-state index in [1.54, 1.807) is 13.2 Å². The van der Waals surface area contributed by atoms with Crippen molar-refractivity contribution in [2.45, 2.75) is 12.8 Å². The monoisotopic (exact) mass is 279 g/mol. The van der Waals surface area contributed by atoms with Crippen molar-refractivity contribution in [1.82, 2.24) is 15.3 Å². The molecule has 0 spiro atoms. The second-order valence-corrected chi connectivity index (χ2v) is 4.78. The summed E-state index contributed by atoms with van der Waals surface area (Å²) >= 11 is 0. The number of nitrogens with one attached hydrogen (secondary N) is 1. The third-order valence-corrected chi connectivity index (χ3v) is 3.40. The van der Waals surface area contributed by atoms with E-state index in [0.717, 1.165) is 25.2 Å². The summed E-state index contributed by atoms with van der Waals surface area (Å²) in [5.74, 6) is 1.38. The predicted molar refractivity (Wildman–Crippen MR) is 75.6 cm³/mol. The van der Waals surface area contributed by atoms with Crippen LogP contribution >= 0.6 is 0 Å². The van der Waals surface area contributed by atoms with Crippen LogP contribution < -0.4 is 20.7 Å². The van der Waals surface area contributed by atoms with Crippen LogP contribution in [-0.2, 0) is 4.79 Å². The zero-order valence-electron chi connectivity index (χ0n) is 11.7. The highest BCUT2D eigenvalue weighted by Gasteiger charge is 2.26. The molecule has 1 aromatic heterocycles.